The third kappa shape index (κ3) is 5.75. The van der Waals surface area contributed by atoms with Crippen molar-refractivity contribution in [3.63, 3.8) is 0 Å². The molecular formula is C27H34N4O2. The van der Waals surface area contributed by atoms with Gasteiger partial charge in [0.2, 0.25) is 0 Å². The Morgan fingerprint density at radius 1 is 0.485 bits per heavy atom. The summed E-state index contributed by atoms with van der Waals surface area (Å²) in [6.07, 6.45) is 0.772. The van der Waals surface area contributed by atoms with Gasteiger partial charge in [0.15, 0.2) is 0 Å². The van der Waals surface area contributed by atoms with Crippen LogP contribution in [-0.4, -0.2) is 59.2 Å². The highest BCUT2D eigenvalue weighted by Crippen LogP contribution is 2.28. The van der Waals surface area contributed by atoms with Gasteiger partial charge in [-0.25, -0.2) is 0 Å². The number of aryl methyl sites for hydroxylation is 2. The van der Waals surface area contributed by atoms with E-state index in [1.165, 1.54) is 0 Å². The Kier molecular flexibility index (Phi) is 7.79. The molecule has 0 aliphatic carbocycles. The lowest BCUT2D eigenvalue weighted by Gasteiger charge is -2.12. The minimum atomic E-state index is 0.214. The lowest BCUT2D eigenvalue weighted by molar-refractivity contribution is 0.472. The molecule has 1 aliphatic heterocycles. The van der Waals surface area contributed by atoms with Crippen molar-refractivity contribution in [2.75, 3.05) is 26.2 Å². The Morgan fingerprint density at radius 2 is 0.758 bits per heavy atom. The SMILES string of the molecule is CC1=NCCCN=C(C)c2cc(C)cc(c2O)C(C)=NCCN=C(C)c2cc(C)cc1c2O. The minimum Gasteiger partial charge on any atom is -0.507 e. The van der Waals surface area contributed by atoms with E-state index in [0.717, 1.165) is 62.6 Å². The molecule has 0 saturated carbocycles. The van der Waals surface area contributed by atoms with Crippen LogP contribution in [-0.2, 0) is 0 Å². The zero-order valence-electron chi connectivity index (χ0n) is 20.5. The van der Waals surface area contributed by atoms with E-state index < -0.39 is 0 Å². The zero-order chi connectivity index (χ0) is 24.1. The molecule has 0 aromatic heterocycles. The van der Waals surface area contributed by atoms with Crippen molar-refractivity contribution < 1.29 is 10.2 Å². The molecule has 6 heteroatoms. The third-order valence-electron chi connectivity index (χ3n) is 5.88. The standard InChI is InChI=1S/C27H34N4O2/c1-16-12-22-18(3)28-8-7-9-29-19(4)23-13-17(2)15-25(27(23)33)21(6)31-11-10-30-20(5)24(14-16)26(22)32/h12-15,32-33H,7-11H2,1-6H3. The number of aromatic hydroxyl groups is 2. The first-order chi connectivity index (χ1) is 15.7. The van der Waals surface area contributed by atoms with E-state index >= 15 is 0 Å². The maximum Gasteiger partial charge on any atom is 0.133 e. The quantitative estimate of drug-likeness (QED) is 0.593. The average molecular weight is 447 g/mol. The number of hydrogen-bond acceptors (Lipinski definition) is 6. The Morgan fingerprint density at radius 3 is 1.06 bits per heavy atom. The van der Waals surface area contributed by atoms with E-state index in [2.05, 4.69) is 20.0 Å². The minimum absolute atomic E-state index is 0.214. The van der Waals surface area contributed by atoms with Crippen molar-refractivity contribution >= 4 is 22.8 Å². The summed E-state index contributed by atoms with van der Waals surface area (Å²) in [5, 5.41) is 21.8. The fraction of sp³-hybridized carbons (Fsp3) is 0.407. The van der Waals surface area contributed by atoms with E-state index in [4.69, 9.17) is 0 Å². The maximum absolute atomic E-state index is 10.9. The summed E-state index contributed by atoms with van der Waals surface area (Å²) in [6.45, 7) is 13.9. The predicted octanol–water partition coefficient (Wildman–Crippen LogP) is 5.05. The number of phenolic OH excluding ortho intramolecular Hbond substituents is 2. The number of fused-ring (bicyclic) bond motifs is 4. The van der Waals surface area contributed by atoms with Gasteiger partial charge < -0.3 is 10.2 Å². The molecule has 33 heavy (non-hydrogen) atoms. The van der Waals surface area contributed by atoms with Gasteiger partial charge in [-0.15, -0.1) is 0 Å². The van der Waals surface area contributed by atoms with Gasteiger partial charge in [0.25, 0.3) is 0 Å². The Labute approximate surface area is 196 Å². The second-order valence-corrected chi connectivity index (χ2v) is 8.64. The lowest BCUT2D eigenvalue weighted by Crippen LogP contribution is -2.06. The number of nitrogens with zero attached hydrogens (tertiary/aromatic N) is 4. The molecule has 0 unspecified atom stereocenters. The first-order valence-electron chi connectivity index (χ1n) is 11.4. The van der Waals surface area contributed by atoms with Crippen LogP contribution in [0.4, 0.5) is 0 Å². The first-order valence-corrected chi connectivity index (χ1v) is 11.4. The van der Waals surface area contributed by atoms with Crippen LogP contribution in [0.3, 0.4) is 0 Å². The molecule has 174 valence electrons. The molecule has 2 aromatic rings. The molecule has 0 amide bonds. The molecule has 0 saturated heterocycles. The van der Waals surface area contributed by atoms with Gasteiger partial charge in [0.05, 0.1) is 13.1 Å². The number of hydrogen-bond donors (Lipinski definition) is 2. The zero-order valence-corrected chi connectivity index (χ0v) is 20.5. The summed E-state index contributed by atoms with van der Waals surface area (Å²) in [7, 11) is 0. The second-order valence-electron chi connectivity index (χ2n) is 8.64. The molecule has 0 spiro atoms. The highest BCUT2D eigenvalue weighted by atomic mass is 16.3. The third-order valence-corrected chi connectivity index (χ3v) is 5.88. The maximum atomic E-state index is 10.9. The Balaban J connectivity index is 2.06. The smallest absolute Gasteiger partial charge is 0.133 e. The van der Waals surface area contributed by atoms with E-state index in [-0.39, 0.29) is 11.5 Å². The molecule has 4 bridgehead atoms. The number of aliphatic imine (C=N–C) groups is 4. The molecule has 1 aliphatic rings. The molecular weight excluding hydrogens is 412 g/mol. The molecule has 1 heterocycles. The fourth-order valence-electron chi connectivity index (χ4n) is 4.00. The van der Waals surface area contributed by atoms with Crippen molar-refractivity contribution in [1.82, 2.24) is 0 Å². The van der Waals surface area contributed by atoms with Crippen molar-refractivity contribution in [2.24, 2.45) is 20.0 Å². The summed E-state index contributed by atoms with van der Waals surface area (Å²) in [6, 6.07) is 7.82. The van der Waals surface area contributed by atoms with Gasteiger partial charge in [0.1, 0.15) is 11.5 Å². The van der Waals surface area contributed by atoms with Crippen LogP contribution in [0.2, 0.25) is 0 Å². The van der Waals surface area contributed by atoms with Crippen LogP contribution in [0.25, 0.3) is 0 Å². The molecule has 0 atom stereocenters. The molecule has 0 radical (unpaired) electrons. The Hall–Kier alpha value is -3.28. The fourth-order valence-corrected chi connectivity index (χ4v) is 4.00. The molecule has 2 N–H and O–H groups in total. The van der Waals surface area contributed by atoms with Crippen molar-refractivity contribution in [2.45, 2.75) is 48.0 Å². The summed E-state index contributed by atoms with van der Waals surface area (Å²) in [4.78, 5) is 18.6. The van der Waals surface area contributed by atoms with Crippen LogP contribution < -0.4 is 0 Å². The van der Waals surface area contributed by atoms with E-state index in [1.54, 1.807) is 0 Å². The van der Waals surface area contributed by atoms with Gasteiger partial charge in [-0.05, 0) is 83.4 Å². The van der Waals surface area contributed by atoms with E-state index in [1.807, 2.05) is 65.8 Å². The predicted molar refractivity (Wildman–Crippen MR) is 139 cm³/mol. The van der Waals surface area contributed by atoms with Gasteiger partial charge in [0, 0.05) is 58.2 Å². The van der Waals surface area contributed by atoms with Gasteiger partial charge in [-0.2, -0.15) is 0 Å². The van der Waals surface area contributed by atoms with Gasteiger partial charge in [-0.1, -0.05) is 0 Å². The number of benzene rings is 2. The molecule has 0 fully saturated rings. The van der Waals surface area contributed by atoms with Crippen molar-refractivity contribution in [3.05, 3.63) is 57.6 Å². The monoisotopic (exact) mass is 446 g/mol. The van der Waals surface area contributed by atoms with Crippen LogP contribution >= 0.6 is 0 Å². The normalized spacial score (nSPS) is 15.9. The lowest BCUT2D eigenvalue weighted by atomic mass is 9.99. The van der Waals surface area contributed by atoms with Crippen molar-refractivity contribution in [3.8, 4) is 11.5 Å². The van der Waals surface area contributed by atoms with Gasteiger partial charge in [-0.3, -0.25) is 20.0 Å². The Bertz CT molecular complexity index is 1080. The average Bonchev–Trinajstić information content (AvgIpc) is 2.77. The van der Waals surface area contributed by atoms with Crippen LogP contribution in [0.15, 0.2) is 44.2 Å². The summed E-state index contributed by atoms with van der Waals surface area (Å²) in [5.41, 5.74) is 8.14. The van der Waals surface area contributed by atoms with Crippen LogP contribution in [0, 0.1) is 13.8 Å². The molecule has 3 rings (SSSR count). The van der Waals surface area contributed by atoms with Crippen molar-refractivity contribution in [1.29, 1.82) is 0 Å². The highest BCUT2D eigenvalue weighted by molar-refractivity contribution is 6.09. The molecule has 2 aromatic carbocycles. The second kappa shape index (κ2) is 10.6. The summed E-state index contributed by atoms with van der Waals surface area (Å²) >= 11 is 0. The van der Waals surface area contributed by atoms with Crippen LogP contribution in [0.5, 0.6) is 11.5 Å². The highest BCUT2D eigenvalue weighted by Gasteiger charge is 2.15. The van der Waals surface area contributed by atoms with E-state index in [0.29, 0.717) is 26.2 Å². The molecule has 6 nitrogen and oxygen atoms in total. The first kappa shape index (κ1) is 24.4. The number of phenols is 2. The van der Waals surface area contributed by atoms with E-state index in [9.17, 15) is 10.2 Å². The summed E-state index contributed by atoms with van der Waals surface area (Å²) < 4.78 is 0. The number of rotatable bonds is 0. The van der Waals surface area contributed by atoms with Crippen LogP contribution in [0.1, 0.15) is 67.5 Å². The topological polar surface area (TPSA) is 89.9 Å². The largest absolute Gasteiger partial charge is 0.507 e. The summed E-state index contributed by atoms with van der Waals surface area (Å²) in [5.74, 6) is 0.428. The van der Waals surface area contributed by atoms with Gasteiger partial charge >= 0.3 is 0 Å².